The van der Waals surface area contributed by atoms with Gasteiger partial charge in [-0.1, -0.05) is 219 Å². The highest BCUT2D eigenvalue weighted by molar-refractivity contribution is 5.76. The molecule has 0 bridgehead atoms. The molecule has 4 N–H and O–H groups in total. The second kappa shape index (κ2) is 38.2. The Morgan fingerprint density at radius 1 is 0.447 bits per heavy atom. The van der Waals surface area contributed by atoms with Crippen LogP contribution >= 0.6 is 0 Å². The van der Waals surface area contributed by atoms with Gasteiger partial charge in [0.25, 0.3) is 0 Å². The first-order chi connectivity index (χ1) is 23.0. The zero-order valence-corrected chi connectivity index (χ0v) is 31.9. The van der Waals surface area contributed by atoms with Gasteiger partial charge < -0.3 is 20.6 Å². The zero-order valence-electron chi connectivity index (χ0n) is 31.9. The van der Waals surface area contributed by atoms with E-state index in [-0.39, 0.29) is 18.9 Å². The molecule has 47 heavy (non-hydrogen) atoms. The van der Waals surface area contributed by atoms with Gasteiger partial charge in [-0.2, -0.15) is 0 Å². The smallest absolute Gasteiger partial charge is 0.222 e. The Balaban J connectivity index is 3.59. The van der Waals surface area contributed by atoms with Crippen LogP contribution in [-0.4, -0.2) is 46.1 Å². The summed E-state index contributed by atoms with van der Waals surface area (Å²) in [7, 11) is 0. The Morgan fingerprint density at radius 2 is 0.723 bits per heavy atom. The Bertz CT molecular complexity index is 615. The molecule has 0 aliphatic carbocycles. The standard InChI is InChI=1S/C42H85NO4/c1-3-5-7-9-11-13-15-17-19-21-23-25-27-29-31-33-35-39(45)37-42(47)43-40(38-44)41(46)36-34-32-30-28-26-24-22-20-18-16-14-12-10-8-6-4-2/h39-41,44-46H,3-38H2,1-2H3,(H,43,47). The Labute approximate surface area is 294 Å². The third-order valence-electron chi connectivity index (χ3n) is 10.2. The highest BCUT2D eigenvalue weighted by Gasteiger charge is 2.21. The highest BCUT2D eigenvalue weighted by Crippen LogP contribution is 2.17. The highest BCUT2D eigenvalue weighted by atomic mass is 16.3. The average molecular weight is 668 g/mol. The van der Waals surface area contributed by atoms with Crippen molar-refractivity contribution in [3.8, 4) is 0 Å². The first-order valence-electron chi connectivity index (χ1n) is 21.3. The topological polar surface area (TPSA) is 89.8 Å². The summed E-state index contributed by atoms with van der Waals surface area (Å²) in [6.45, 7) is 4.28. The van der Waals surface area contributed by atoms with Crippen molar-refractivity contribution < 1.29 is 20.1 Å². The number of unbranched alkanes of at least 4 members (excludes halogenated alkanes) is 30. The van der Waals surface area contributed by atoms with Crippen LogP contribution in [0.5, 0.6) is 0 Å². The van der Waals surface area contributed by atoms with E-state index in [0.29, 0.717) is 12.8 Å². The predicted molar refractivity (Wildman–Crippen MR) is 204 cm³/mol. The van der Waals surface area contributed by atoms with E-state index in [0.717, 1.165) is 25.7 Å². The summed E-state index contributed by atoms with van der Waals surface area (Å²) in [6.07, 6.45) is 42.0. The van der Waals surface area contributed by atoms with Gasteiger partial charge in [0, 0.05) is 0 Å². The van der Waals surface area contributed by atoms with Gasteiger partial charge in [0.15, 0.2) is 0 Å². The van der Waals surface area contributed by atoms with Crippen molar-refractivity contribution in [2.24, 2.45) is 0 Å². The zero-order chi connectivity index (χ0) is 34.5. The fraction of sp³-hybridized carbons (Fsp3) is 0.976. The summed E-state index contributed by atoms with van der Waals surface area (Å²) in [6, 6.07) is -0.651. The van der Waals surface area contributed by atoms with Crippen molar-refractivity contribution in [3.63, 3.8) is 0 Å². The molecule has 5 heteroatoms. The lowest BCUT2D eigenvalue weighted by atomic mass is 10.0. The van der Waals surface area contributed by atoms with E-state index >= 15 is 0 Å². The van der Waals surface area contributed by atoms with Crippen molar-refractivity contribution in [2.75, 3.05) is 6.61 Å². The van der Waals surface area contributed by atoms with Crippen LogP contribution in [0.15, 0.2) is 0 Å². The van der Waals surface area contributed by atoms with Crippen molar-refractivity contribution in [3.05, 3.63) is 0 Å². The Kier molecular flexibility index (Phi) is 37.6. The molecule has 0 spiro atoms. The van der Waals surface area contributed by atoms with E-state index in [9.17, 15) is 20.1 Å². The molecule has 0 heterocycles. The first-order valence-corrected chi connectivity index (χ1v) is 21.3. The fourth-order valence-corrected chi connectivity index (χ4v) is 6.88. The predicted octanol–water partition coefficient (Wildman–Crippen LogP) is 11.9. The molecule has 0 fully saturated rings. The molecule has 0 saturated heterocycles. The summed E-state index contributed by atoms with van der Waals surface area (Å²) in [5.41, 5.74) is 0. The summed E-state index contributed by atoms with van der Waals surface area (Å²) < 4.78 is 0. The number of amides is 1. The number of hydrogen-bond acceptors (Lipinski definition) is 4. The van der Waals surface area contributed by atoms with Crippen LogP contribution in [0, 0.1) is 0 Å². The van der Waals surface area contributed by atoms with E-state index < -0.39 is 18.2 Å². The second-order valence-corrected chi connectivity index (χ2v) is 15.0. The molecule has 0 aliphatic heterocycles. The lowest BCUT2D eigenvalue weighted by molar-refractivity contribution is -0.125. The maximum atomic E-state index is 12.4. The minimum Gasteiger partial charge on any atom is -0.394 e. The molecule has 3 atom stereocenters. The summed E-state index contributed by atoms with van der Waals surface area (Å²) in [5.74, 6) is -0.279. The number of aliphatic hydroxyl groups is 3. The van der Waals surface area contributed by atoms with E-state index in [1.807, 2.05) is 0 Å². The van der Waals surface area contributed by atoms with Crippen LogP contribution in [-0.2, 0) is 4.79 Å². The number of nitrogens with one attached hydrogen (secondary N) is 1. The van der Waals surface area contributed by atoms with E-state index in [1.54, 1.807) is 0 Å². The van der Waals surface area contributed by atoms with Crippen molar-refractivity contribution in [2.45, 2.75) is 257 Å². The minimum atomic E-state index is -0.743. The van der Waals surface area contributed by atoms with Gasteiger partial charge >= 0.3 is 0 Å². The number of carbonyl (C=O) groups is 1. The third-order valence-corrected chi connectivity index (χ3v) is 10.2. The number of carbonyl (C=O) groups excluding carboxylic acids is 1. The molecule has 1 amide bonds. The van der Waals surface area contributed by atoms with Crippen molar-refractivity contribution in [1.82, 2.24) is 5.32 Å². The van der Waals surface area contributed by atoms with Crippen molar-refractivity contribution >= 4 is 5.91 Å². The lowest BCUT2D eigenvalue weighted by Crippen LogP contribution is -2.46. The van der Waals surface area contributed by atoms with Crippen LogP contribution in [0.25, 0.3) is 0 Å². The van der Waals surface area contributed by atoms with E-state index in [2.05, 4.69) is 19.2 Å². The maximum absolute atomic E-state index is 12.4. The van der Waals surface area contributed by atoms with Crippen LogP contribution in [0.4, 0.5) is 0 Å². The molecule has 0 aromatic carbocycles. The van der Waals surface area contributed by atoms with Crippen LogP contribution in [0.1, 0.15) is 239 Å². The normalized spacial score (nSPS) is 13.6. The molecule has 0 aromatic rings. The van der Waals surface area contributed by atoms with Gasteiger partial charge in [0.05, 0.1) is 31.3 Å². The van der Waals surface area contributed by atoms with Gasteiger partial charge in [0.1, 0.15) is 0 Å². The monoisotopic (exact) mass is 668 g/mol. The molecule has 0 rings (SSSR count). The SMILES string of the molecule is CCCCCCCCCCCCCCCCCCC(O)CC(=O)NC(CO)C(O)CCCCCCCCCCCCCCCCCC. The first kappa shape index (κ1) is 46.4. The van der Waals surface area contributed by atoms with Gasteiger partial charge in [0.2, 0.25) is 5.91 Å². The van der Waals surface area contributed by atoms with Crippen LogP contribution in [0.3, 0.4) is 0 Å². The molecule has 0 aliphatic rings. The van der Waals surface area contributed by atoms with Crippen LogP contribution < -0.4 is 5.32 Å². The number of hydrogen-bond donors (Lipinski definition) is 4. The maximum Gasteiger partial charge on any atom is 0.222 e. The molecular formula is C42H85NO4. The van der Waals surface area contributed by atoms with Gasteiger partial charge in [-0.15, -0.1) is 0 Å². The quantitative estimate of drug-likeness (QED) is 0.0491. The molecule has 3 unspecified atom stereocenters. The Hall–Kier alpha value is -0.650. The van der Waals surface area contributed by atoms with Crippen molar-refractivity contribution in [1.29, 1.82) is 0 Å². The summed E-state index contributed by atoms with van der Waals surface area (Å²) in [4.78, 5) is 12.4. The van der Waals surface area contributed by atoms with E-state index in [1.165, 1.54) is 180 Å². The minimum absolute atomic E-state index is 0.0427. The van der Waals surface area contributed by atoms with Gasteiger partial charge in [-0.05, 0) is 12.8 Å². The lowest BCUT2D eigenvalue weighted by Gasteiger charge is -2.23. The largest absolute Gasteiger partial charge is 0.394 e. The molecular weight excluding hydrogens is 582 g/mol. The average Bonchev–Trinajstić information content (AvgIpc) is 3.06. The summed E-state index contributed by atoms with van der Waals surface area (Å²) >= 11 is 0. The van der Waals surface area contributed by atoms with Crippen LogP contribution in [0.2, 0.25) is 0 Å². The molecule has 5 nitrogen and oxygen atoms in total. The second-order valence-electron chi connectivity index (χ2n) is 15.0. The number of aliphatic hydroxyl groups excluding tert-OH is 3. The fourth-order valence-electron chi connectivity index (χ4n) is 6.88. The molecule has 0 aromatic heterocycles. The Morgan fingerprint density at radius 3 is 1.02 bits per heavy atom. The number of rotatable bonds is 39. The summed E-state index contributed by atoms with van der Waals surface area (Å²) in [5, 5.41) is 33.4. The van der Waals surface area contributed by atoms with E-state index in [4.69, 9.17) is 0 Å². The van der Waals surface area contributed by atoms with Gasteiger partial charge in [-0.25, -0.2) is 0 Å². The molecule has 0 saturated carbocycles. The third kappa shape index (κ3) is 35.0. The van der Waals surface area contributed by atoms with Gasteiger partial charge in [-0.3, -0.25) is 4.79 Å². The molecule has 0 radical (unpaired) electrons. The molecule has 282 valence electrons.